The molecule has 1 atom stereocenters. The molecule has 1 aromatic carbocycles. The van der Waals surface area contributed by atoms with Gasteiger partial charge in [-0.3, -0.25) is 24.3 Å². The molecule has 31 heavy (non-hydrogen) atoms. The Morgan fingerprint density at radius 3 is 2.16 bits per heavy atom. The van der Waals surface area contributed by atoms with Crippen LogP contribution in [0.2, 0.25) is 5.02 Å². The number of carbonyl (C=O) groups is 2. The van der Waals surface area contributed by atoms with E-state index in [9.17, 15) is 9.59 Å². The zero-order valence-corrected chi connectivity index (χ0v) is 18.9. The third-order valence-electron chi connectivity index (χ3n) is 6.48. The Bertz CT molecular complexity index is 758. The SMILES string of the molecule is O=C(CN1CCN(CC(=O)NC2CC2)CC1)NCC(c1ccccc1Cl)N1CCCC1. The number of hydrogen-bond donors (Lipinski definition) is 2. The molecule has 8 heteroatoms. The van der Waals surface area contributed by atoms with Crippen molar-refractivity contribution in [2.75, 3.05) is 58.9 Å². The van der Waals surface area contributed by atoms with E-state index in [1.807, 2.05) is 18.2 Å². The number of amides is 2. The van der Waals surface area contributed by atoms with E-state index in [0.717, 1.165) is 62.7 Å². The molecule has 1 aromatic rings. The van der Waals surface area contributed by atoms with Gasteiger partial charge in [-0.15, -0.1) is 0 Å². The largest absolute Gasteiger partial charge is 0.353 e. The molecule has 170 valence electrons. The summed E-state index contributed by atoms with van der Waals surface area (Å²) in [5, 5.41) is 6.95. The van der Waals surface area contributed by atoms with Gasteiger partial charge in [-0.1, -0.05) is 29.8 Å². The van der Waals surface area contributed by atoms with Crippen LogP contribution in [0.5, 0.6) is 0 Å². The van der Waals surface area contributed by atoms with E-state index in [0.29, 0.717) is 25.7 Å². The first kappa shape index (κ1) is 22.5. The zero-order chi connectivity index (χ0) is 21.6. The second kappa shape index (κ2) is 10.8. The van der Waals surface area contributed by atoms with Gasteiger partial charge in [0.25, 0.3) is 0 Å². The molecular formula is C23H34ClN5O2. The number of benzene rings is 1. The summed E-state index contributed by atoms with van der Waals surface area (Å²) in [7, 11) is 0. The lowest BCUT2D eigenvalue weighted by Gasteiger charge is -2.34. The maximum atomic E-state index is 12.7. The van der Waals surface area contributed by atoms with Crippen LogP contribution in [0, 0.1) is 0 Å². The Balaban J connectivity index is 1.21. The first-order valence-electron chi connectivity index (χ1n) is 11.6. The fourth-order valence-corrected chi connectivity index (χ4v) is 4.78. The van der Waals surface area contributed by atoms with E-state index < -0.39 is 0 Å². The minimum absolute atomic E-state index is 0.0520. The molecule has 1 unspecified atom stereocenters. The van der Waals surface area contributed by atoms with Crippen molar-refractivity contribution in [2.24, 2.45) is 0 Å². The van der Waals surface area contributed by atoms with Gasteiger partial charge in [-0.05, 0) is 50.4 Å². The highest BCUT2D eigenvalue weighted by Gasteiger charge is 2.27. The van der Waals surface area contributed by atoms with Crippen LogP contribution in [-0.4, -0.2) is 91.5 Å². The molecular weight excluding hydrogens is 414 g/mol. The van der Waals surface area contributed by atoms with Gasteiger partial charge in [0, 0.05) is 43.8 Å². The number of piperazine rings is 1. The average molecular weight is 448 g/mol. The summed E-state index contributed by atoms with van der Waals surface area (Å²) in [6.07, 6.45) is 4.61. The molecule has 3 aliphatic rings. The maximum Gasteiger partial charge on any atom is 0.234 e. The smallest absolute Gasteiger partial charge is 0.234 e. The molecule has 1 aliphatic carbocycles. The van der Waals surface area contributed by atoms with Crippen LogP contribution in [0.25, 0.3) is 0 Å². The quantitative estimate of drug-likeness (QED) is 0.600. The van der Waals surface area contributed by atoms with Gasteiger partial charge in [0.15, 0.2) is 0 Å². The Hall–Kier alpha value is -1.67. The molecule has 0 spiro atoms. The van der Waals surface area contributed by atoms with Crippen LogP contribution < -0.4 is 10.6 Å². The molecule has 0 radical (unpaired) electrons. The summed E-state index contributed by atoms with van der Waals surface area (Å²) in [6, 6.07) is 8.47. The minimum atomic E-state index is 0.0520. The lowest BCUT2D eigenvalue weighted by molar-refractivity contribution is -0.125. The van der Waals surface area contributed by atoms with E-state index in [1.54, 1.807) is 0 Å². The third kappa shape index (κ3) is 6.65. The van der Waals surface area contributed by atoms with Crippen molar-refractivity contribution in [1.29, 1.82) is 0 Å². The molecule has 2 aliphatic heterocycles. The monoisotopic (exact) mass is 447 g/mol. The molecule has 0 aromatic heterocycles. The predicted molar refractivity (Wildman–Crippen MR) is 122 cm³/mol. The molecule has 2 heterocycles. The molecule has 2 saturated heterocycles. The second-order valence-electron chi connectivity index (χ2n) is 8.98. The van der Waals surface area contributed by atoms with Crippen molar-refractivity contribution in [3.8, 4) is 0 Å². The Labute approximate surface area is 190 Å². The zero-order valence-electron chi connectivity index (χ0n) is 18.2. The number of rotatable bonds is 9. The van der Waals surface area contributed by atoms with Crippen molar-refractivity contribution in [1.82, 2.24) is 25.3 Å². The first-order valence-corrected chi connectivity index (χ1v) is 12.0. The van der Waals surface area contributed by atoms with Crippen LogP contribution in [0.1, 0.15) is 37.3 Å². The van der Waals surface area contributed by atoms with Gasteiger partial charge in [0.05, 0.1) is 19.1 Å². The average Bonchev–Trinajstić information content (AvgIpc) is 3.40. The predicted octanol–water partition coefficient (Wildman–Crippen LogP) is 1.49. The van der Waals surface area contributed by atoms with Crippen molar-refractivity contribution < 1.29 is 9.59 Å². The third-order valence-corrected chi connectivity index (χ3v) is 6.82. The fourth-order valence-electron chi connectivity index (χ4n) is 4.51. The van der Waals surface area contributed by atoms with Crippen LogP contribution in [0.4, 0.5) is 0 Å². The van der Waals surface area contributed by atoms with E-state index >= 15 is 0 Å². The van der Waals surface area contributed by atoms with Crippen molar-refractivity contribution in [3.05, 3.63) is 34.9 Å². The first-order chi connectivity index (χ1) is 15.1. The van der Waals surface area contributed by atoms with Crippen LogP contribution in [0.15, 0.2) is 24.3 Å². The highest BCUT2D eigenvalue weighted by molar-refractivity contribution is 6.31. The van der Waals surface area contributed by atoms with Gasteiger partial charge in [-0.2, -0.15) is 0 Å². The van der Waals surface area contributed by atoms with Crippen molar-refractivity contribution in [3.63, 3.8) is 0 Å². The number of hydrogen-bond acceptors (Lipinski definition) is 5. The molecule has 2 N–H and O–H groups in total. The topological polar surface area (TPSA) is 67.9 Å². The summed E-state index contributed by atoms with van der Waals surface area (Å²) >= 11 is 6.47. The number of carbonyl (C=O) groups excluding carboxylic acids is 2. The van der Waals surface area contributed by atoms with Gasteiger partial charge in [-0.25, -0.2) is 0 Å². The summed E-state index contributed by atoms with van der Waals surface area (Å²) < 4.78 is 0. The number of likely N-dealkylation sites (tertiary alicyclic amines) is 1. The second-order valence-corrected chi connectivity index (χ2v) is 9.39. The number of halogens is 1. The number of nitrogens with one attached hydrogen (secondary N) is 2. The van der Waals surface area contributed by atoms with Gasteiger partial charge >= 0.3 is 0 Å². The molecule has 0 bridgehead atoms. The van der Waals surface area contributed by atoms with E-state index in [2.05, 4.69) is 31.4 Å². The van der Waals surface area contributed by atoms with Gasteiger partial charge in [0.1, 0.15) is 0 Å². The molecule has 1 saturated carbocycles. The summed E-state index contributed by atoms with van der Waals surface area (Å²) in [4.78, 5) is 31.4. The minimum Gasteiger partial charge on any atom is -0.353 e. The van der Waals surface area contributed by atoms with Crippen molar-refractivity contribution >= 4 is 23.4 Å². The van der Waals surface area contributed by atoms with Gasteiger partial charge < -0.3 is 10.6 Å². The summed E-state index contributed by atoms with van der Waals surface area (Å²) in [5.74, 6) is 0.178. The Kier molecular flexibility index (Phi) is 7.82. The highest BCUT2D eigenvalue weighted by atomic mass is 35.5. The van der Waals surface area contributed by atoms with E-state index in [-0.39, 0.29) is 17.9 Å². The van der Waals surface area contributed by atoms with Crippen LogP contribution in [0.3, 0.4) is 0 Å². The Morgan fingerprint density at radius 2 is 1.55 bits per heavy atom. The highest BCUT2D eigenvalue weighted by Crippen LogP contribution is 2.29. The van der Waals surface area contributed by atoms with E-state index in [1.165, 1.54) is 12.8 Å². The summed E-state index contributed by atoms with van der Waals surface area (Å²) in [5.41, 5.74) is 1.09. The van der Waals surface area contributed by atoms with Gasteiger partial charge in [0.2, 0.25) is 11.8 Å². The van der Waals surface area contributed by atoms with Crippen molar-refractivity contribution in [2.45, 2.75) is 37.8 Å². The lowest BCUT2D eigenvalue weighted by atomic mass is 10.1. The molecule has 2 amide bonds. The maximum absolute atomic E-state index is 12.7. The van der Waals surface area contributed by atoms with Crippen LogP contribution >= 0.6 is 11.6 Å². The normalized spacial score (nSPS) is 21.7. The lowest BCUT2D eigenvalue weighted by Crippen LogP contribution is -2.52. The molecule has 3 fully saturated rings. The Morgan fingerprint density at radius 1 is 0.935 bits per heavy atom. The number of nitrogens with zero attached hydrogens (tertiary/aromatic N) is 3. The van der Waals surface area contributed by atoms with Crippen LogP contribution in [-0.2, 0) is 9.59 Å². The fraction of sp³-hybridized carbons (Fsp3) is 0.652. The van der Waals surface area contributed by atoms with E-state index in [4.69, 9.17) is 11.6 Å². The summed E-state index contributed by atoms with van der Waals surface area (Å²) in [6.45, 7) is 6.79. The standard InChI is InChI=1S/C23H34ClN5O2/c24-20-6-2-1-5-19(20)21(29-9-3-4-10-29)15-25-22(30)16-27-11-13-28(14-12-27)17-23(31)26-18-7-8-18/h1-2,5-6,18,21H,3-4,7-17H2,(H,25,30)(H,26,31). The molecule has 4 rings (SSSR count). The molecule has 7 nitrogen and oxygen atoms in total.